The van der Waals surface area contributed by atoms with Gasteiger partial charge in [0.2, 0.25) is 0 Å². The molecule has 2 rings (SSSR count). The van der Waals surface area contributed by atoms with Crippen LogP contribution >= 0.6 is 15.9 Å². The third-order valence-corrected chi connectivity index (χ3v) is 2.59. The molecule has 0 aliphatic carbocycles. The molecular formula is C10H10BrN3. The van der Waals surface area contributed by atoms with E-state index in [0.29, 0.717) is 0 Å². The van der Waals surface area contributed by atoms with E-state index in [4.69, 9.17) is 0 Å². The second kappa shape index (κ2) is 3.92. The topological polar surface area (TPSA) is 30.7 Å². The van der Waals surface area contributed by atoms with Crippen molar-refractivity contribution in [3.63, 3.8) is 0 Å². The lowest BCUT2D eigenvalue weighted by Crippen LogP contribution is -1.93. The van der Waals surface area contributed by atoms with E-state index >= 15 is 0 Å². The average Bonchev–Trinajstić information content (AvgIpc) is 2.61. The third kappa shape index (κ3) is 1.57. The Morgan fingerprint density at radius 1 is 1.50 bits per heavy atom. The van der Waals surface area contributed by atoms with Crippen molar-refractivity contribution in [2.24, 2.45) is 0 Å². The van der Waals surface area contributed by atoms with Crippen LogP contribution in [0.3, 0.4) is 0 Å². The molecular weight excluding hydrogens is 242 g/mol. The van der Waals surface area contributed by atoms with Crippen molar-refractivity contribution in [1.29, 1.82) is 0 Å². The highest BCUT2D eigenvalue weighted by Crippen LogP contribution is 2.19. The van der Waals surface area contributed by atoms with E-state index < -0.39 is 0 Å². The van der Waals surface area contributed by atoms with Gasteiger partial charge in [0, 0.05) is 0 Å². The first-order chi connectivity index (χ1) is 6.83. The molecule has 0 saturated carbocycles. The minimum atomic E-state index is 0.911. The average molecular weight is 252 g/mol. The maximum Gasteiger partial charge on any atom is 0.113 e. The van der Waals surface area contributed by atoms with Crippen LogP contribution in [0.5, 0.6) is 0 Å². The Balaban J connectivity index is 2.58. The minimum Gasteiger partial charge on any atom is -0.206 e. The standard InChI is InChI=1S/C10H10BrN3/c1-2-5-10(11)14-9-7-4-3-6-8(9)12-13-14/h3-7H,2H2,1H3/b10-5+. The summed E-state index contributed by atoms with van der Waals surface area (Å²) in [6.07, 6.45) is 3.02. The summed E-state index contributed by atoms with van der Waals surface area (Å²) in [5.74, 6) is 0. The van der Waals surface area contributed by atoms with Gasteiger partial charge < -0.3 is 0 Å². The lowest BCUT2D eigenvalue weighted by molar-refractivity contribution is 0.854. The Labute approximate surface area is 90.5 Å². The van der Waals surface area contributed by atoms with Crippen molar-refractivity contribution >= 4 is 31.6 Å². The molecule has 0 fully saturated rings. The number of nitrogens with zero attached hydrogens (tertiary/aromatic N) is 3. The molecule has 14 heavy (non-hydrogen) atoms. The summed E-state index contributed by atoms with van der Waals surface area (Å²) in [5, 5.41) is 8.13. The number of para-hydroxylation sites is 1. The highest BCUT2D eigenvalue weighted by atomic mass is 79.9. The van der Waals surface area contributed by atoms with Crippen LogP contribution in [0.1, 0.15) is 13.3 Å². The van der Waals surface area contributed by atoms with Crippen LogP contribution in [0.4, 0.5) is 0 Å². The van der Waals surface area contributed by atoms with Crippen molar-refractivity contribution in [3.8, 4) is 0 Å². The zero-order valence-corrected chi connectivity index (χ0v) is 9.40. The van der Waals surface area contributed by atoms with Gasteiger partial charge in [-0.3, -0.25) is 0 Å². The first-order valence-electron chi connectivity index (χ1n) is 4.49. The third-order valence-electron chi connectivity index (χ3n) is 1.93. The van der Waals surface area contributed by atoms with Crippen LogP contribution in [0, 0.1) is 0 Å². The summed E-state index contributed by atoms with van der Waals surface area (Å²) in [4.78, 5) is 0. The second-order valence-electron chi connectivity index (χ2n) is 2.93. The van der Waals surface area contributed by atoms with E-state index in [1.807, 2.05) is 24.3 Å². The van der Waals surface area contributed by atoms with Gasteiger partial charge in [-0.05, 0) is 34.5 Å². The Kier molecular flexibility index (Phi) is 2.63. The largest absolute Gasteiger partial charge is 0.206 e. The summed E-state index contributed by atoms with van der Waals surface area (Å²) in [7, 11) is 0. The summed E-state index contributed by atoms with van der Waals surface area (Å²) >= 11 is 3.47. The Hall–Kier alpha value is -1.16. The quantitative estimate of drug-likeness (QED) is 0.822. The minimum absolute atomic E-state index is 0.911. The number of hydrogen-bond donors (Lipinski definition) is 0. The fraction of sp³-hybridized carbons (Fsp3) is 0.200. The molecule has 0 radical (unpaired) electrons. The van der Waals surface area contributed by atoms with Gasteiger partial charge in [0.1, 0.15) is 10.1 Å². The predicted molar refractivity (Wildman–Crippen MR) is 61.0 cm³/mol. The van der Waals surface area contributed by atoms with Crippen LogP contribution < -0.4 is 0 Å². The molecule has 0 aliphatic rings. The van der Waals surface area contributed by atoms with Crippen LogP contribution in [0.25, 0.3) is 15.6 Å². The summed E-state index contributed by atoms with van der Waals surface area (Å²) in [6.45, 7) is 2.08. The molecule has 0 N–H and O–H groups in total. The SMILES string of the molecule is CC/C=C(\Br)n1nnc2ccccc21. The van der Waals surface area contributed by atoms with Crippen LogP contribution in [-0.4, -0.2) is 15.0 Å². The van der Waals surface area contributed by atoms with Crippen molar-refractivity contribution in [3.05, 3.63) is 30.3 Å². The van der Waals surface area contributed by atoms with E-state index in [-0.39, 0.29) is 0 Å². The van der Waals surface area contributed by atoms with Gasteiger partial charge >= 0.3 is 0 Å². The van der Waals surface area contributed by atoms with E-state index in [0.717, 1.165) is 22.1 Å². The Bertz CT molecular complexity index is 473. The van der Waals surface area contributed by atoms with Gasteiger partial charge in [0.25, 0.3) is 0 Å². The maximum atomic E-state index is 4.07. The number of allylic oxidation sites excluding steroid dienone is 1. The molecule has 4 heteroatoms. The van der Waals surface area contributed by atoms with E-state index in [1.165, 1.54) is 0 Å². The normalized spacial score (nSPS) is 12.3. The van der Waals surface area contributed by atoms with Crippen LogP contribution in [0.15, 0.2) is 30.3 Å². The Morgan fingerprint density at radius 2 is 2.29 bits per heavy atom. The summed E-state index contributed by atoms with van der Waals surface area (Å²) in [5.41, 5.74) is 1.93. The summed E-state index contributed by atoms with van der Waals surface area (Å²) in [6, 6.07) is 7.89. The number of hydrogen-bond acceptors (Lipinski definition) is 2. The monoisotopic (exact) mass is 251 g/mol. The first-order valence-corrected chi connectivity index (χ1v) is 5.28. The highest BCUT2D eigenvalue weighted by molar-refractivity contribution is 9.14. The lowest BCUT2D eigenvalue weighted by Gasteiger charge is -1.98. The number of benzene rings is 1. The molecule has 1 aromatic heterocycles. The lowest BCUT2D eigenvalue weighted by atomic mass is 10.3. The molecule has 0 unspecified atom stereocenters. The molecule has 2 aromatic rings. The van der Waals surface area contributed by atoms with E-state index in [1.54, 1.807) is 4.68 Å². The smallest absolute Gasteiger partial charge is 0.113 e. The molecule has 0 aliphatic heterocycles. The van der Waals surface area contributed by atoms with Crippen molar-refractivity contribution in [2.45, 2.75) is 13.3 Å². The summed E-state index contributed by atoms with van der Waals surface area (Å²) < 4.78 is 2.73. The highest BCUT2D eigenvalue weighted by Gasteiger charge is 2.04. The second-order valence-corrected chi connectivity index (χ2v) is 3.74. The zero-order chi connectivity index (χ0) is 9.97. The predicted octanol–water partition coefficient (Wildman–Crippen LogP) is 3.03. The van der Waals surface area contributed by atoms with Gasteiger partial charge in [0.05, 0.1) is 5.52 Å². The molecule has 1 aromatic carbocycles. The van der Waals surface area contributed by atoms with Gasteiger partial charge in [-0.2, -0.15) is 0 Å². The zero-order valence-electron chi connectivity index (χ0n) is 7.81. The van der Waals surface area contributed by atoms with E-state index in [9.17, 15) is 0 Å². The first kappa shape index (κ1) is 9.40. The van der Waals surface area contributed by atoms with E-state index in [2.05, 4.69) is 39.2 Å². The van der Waals surface area contributed by atoms with Crippen molar-refractivity contribution < 1.29 is 0 Å². The molecule has 72 valence electrons. The molecule has 3 nitrogen and oxygen atoms in total. The van der Waals surface area contributed by atoms with Gasteiger partial charge in [-0.15, -0.1) is 5.10 Å². The maximum absolute atomic E-state index is 4.07. The number of rotatable bonds is 2. The molecule has 0 saturated heterocycles. The van der Waals surface area contributed by atoms with Gasteiger partial charge in [-0.25, -0.2) is 4.68 Å². The van der Waals surface area contributed by atoms with Gasteiger partial charge in [-0.1, -0.05) is 30.3 Å². The van der Waals surface area contributed by atoms with Crippen LogP contribution in [-0.2, 0) is 0 Å². The Morgan fingerprint density at radius 3 is 3.07 bits per heavy atom. The number of aromatic nitrogens is 3. The van der Waals surface area contributed by atoms with Crippen molar-refractivity contribution in [1.82, 2.24) is 15.0 Å². The molecule has 0 bridgehead atoms. The molecule has 0 atom stereocenters. The fourth-order valence-corrected chi connectivity index (χ4v) is 1.87. The number of fused-ring (bicyclic) bond motifs is 1. The number of halogens is 1. The van der Waals surface area contributed by atoms with Gasteiger partial charge in [0.15, 0.2) is 0 Å². The van der Waals surface area contributed by atoms with Crippen molar-refractivity contribution in [2.75, 3.05) is 0 Å². The molecule has 1 heterocycles. The molecule has 0 amide bonds. The fourth-order valence-electron chi connectivity index (χ4n) is 1.28. The molecule has 0 spiro atoms. The van der Waals surface area contributed by atoms with Crippen LogP contribution in [0.2, 0.25) is 0 Å².